The molecule has 1 atom stereocenters. The van der Waals surface area contributed by atoms with Gasteiger partial charge < -0.3 is 16.0 Å². The molecule has 1 unspecified atom stereocenters. The van der Waals surface area contributed by atoms with Crippen LogP contribution >= 0.6 is 47.0 Å². The fourth-order valence-electron chi connectivity index (χ4n) is 1.85. The van der Waals surface area contributed by atoms with E-state index < -0.39 is 27.5 Å². The molecule has 4 nitrogen and oxygen atoms in total. The van der Waals surface area contributed by atoms with E-state index in [0.29, 0.717) is 5.69 Å². The van der Waals surface area contributed by atoms with Crippen molar-refractivity contribution in [3.05, 3.63) is 65.7 Å². The van der Waals surface area contributed by atoms with Gasteiger partial charge in [-0.05, 0) is 60.7 Å². The first kappa shape index (κ1) is 20.6. The molecule has 3 N–H and O–H groups in total. The predicted molar refractivity (Wildman–Crippen MR) is 104 cm³/mol. The number of amides is 1. The fourth-order valence-corrected chi connectivity index (χ4v) is 2.41. The quantitative estimate of drug-likeness (QED) is 0.377. The van der Waals surface area contributed by atoms with Crippen molar-refractivity contribution < 1.29 is 13.6 Å². The third kappa shape index (κ3) is 6.25. The highest BCUT2D eigenvalue weighted by molar-refractivity contribution is 7.80. The van der Waals surface area contributed by atoms with Crippen molar-refractivity contribution in [3.63, 3.8) is 0 Å². The van der Waals surface area contributed by atoms with E-state index >= 15 is 0 Å². The van der Waals surface area contributed by atoms with E-state index in [1.807, 2.05) is 0 Å². The molecule has 0 aliphatic carbocycles. The molecule has 26 heavy (non-hydrogen) atoms. The lowest BCUT2D eigenvalue weighted by molar-refractivity contribution is 0.0934. The number of alkyl halides is 3. The monoisotopic (exact) mass is 437 g/mol. The van der Waals surface area contributed by atoms with Crippen LogP contribution < -0.4 is 16.0 Å². The molecule has 2 rings (SSSR count). The molecule has 2 aromatic rings. The van der Waals surface area contributed by atoms with Crippen molar-refractivity contribution in [2.45, 2.75) is 9.96 Å². The lowest BCUT2D eigenvalue weighted by Crippen LogP contribution is -2.56. The Morgan fingerprint density at radius 3 is 1.92 bits per heavy atom. The van der Waals surface area contributed by atoms with Crippen LogP contribution in [0.4, 0.5) is 14.5 Å². The van der Waals surface area contributed by atoms with Crippen molar-refractivity contribution in [1.82, 2.24) is 10.6 Å². The van der Waals surface area contributed by atoms with Crippen LogP contribution in [0.25, 0.3) is 0 Å². The highest BCUT2D eigenvalue weighted by Gasteiger charge is 2.34. The van der Waals surface area contributed by atoms with Gasteiger partial charge in [0.05, 0.1) is 0 Å². The van der Waals surface area contributed by atoms with Gasteiger partial charge in [-0.3, -0.25) is 4.79 Å². The van der Waals surface area contributed by atoms with Crippen LogP contribution in [-0.2, 0) is 0 Å². The van der Waals surface area contributed by atoms with Crippen LogP contribution in [0.1, 0.15) is 10.4 Å². The minimum absolute atomic E-state index is 0.0346. The number of carbonyl (C=O) groups excluding carboxylic acids is 1. The normalized spacial score (nSPS) is 12.2. The molecular formula is C16H12Cl3F2N3OS. The summed E-state index contributed by atoms with van der Waals surface area (Å²) >= 11 is 22.7. The number of anilines is 1. The zero-order valence-electron chi connectivity index (χ0n) is 12.9. The fraction of sp³-hybridized carbons (Fsp3) is 0.125. The first-order valence-corrected chi connectivity index (χ1v) is 8.65. The van der Waals surface area contributed by atoms with Gasteiger partial charge >= 0.3 is 0 Å². The number of hydrogen-bond acceptors (Lipinski definition) is 2. The van der Waals surface area contributed by atoms with Gasteiger partial charge in [-0.1, -0.05) is 34.8 Å². The smallest absolute Gasteiger partial charge is 0.252 e. The van der Waals surface area contributed by atoms with E-state index in [1.165, 1.54) is 36.4 Å². The van der Waals surface area contributed by atoms with Crippen LogP contribution in [-0.4, -0.2) is 21.0 Å². The number of benzene rings is 2. The largest absolute Gasteiger partial charge is 0.339 e. The second kappa shape index (κ2) is 8.81. The van der Waals surface area contributed by atoms with Gasteiger partial charge in [-0.25, -0.2) is 8.78 Å². The molecule has 10 heteroatoms. The molecule has 0 spiro atoms. The number of carbonyl (C=O) groups is 1. The maximum Gasteiger partial charge on any atom is 0.252 e. The molecule has 0 aliphatic heterocycles. The van der Waals surface area contributed by atoms with E-state index in [-0.39, 0.29) is 10.7 Å². The van der Waals surface area contributed by atoms with Gasteiger partial charge in [-0.15, -0.1) is 0 Å². The molecule has 2 aromatic carbocycles. The Kier molecular flexibility index (Phi) is 7.00. The molecule has 0 aliphatic rings. The lowest BCUT2D eigenvalue weighted by atomic mass is 10.2. The number of thiocarbonyl (C=S) groups is 1. The minimum atomic E-state index is -1.94. The third-order valence-electron chi connectivity index (χ3n) is 3.09. The second-order valence-corrected chi connectivity index (χ2v) is 7.84. The third-order valence-corrected chi connectivity index (χ3v) is 3.96. The van der Waals surface area contributed by atoms with Crippen LogP contribution in [0.15, 0.2) is 48.5 Å². The van der Waals surface area contributed by atoms with Crippen molar-refractivity contribution in [3.8, 4) is 0 Å². The Balaban J connectivity index is 2.04. The maximum absolute atomic E-state index is 12.9. The Bertz CT molecular complexity index is 783. The van der Waals surface area contributed by atoms with Crippen LogP contribution in [0.2, 0.25) is 0 Å². The zero-order chi connectivity index (χ0) is 19.3. The number of rotatable bonds is 4. The first-order valence-electron chi connectivity index (χ1n) is 7.11. The predicted octanol–water partition coefficient (Wildman–Crippen LogP) is 4.38. The summed E-state index contributed by atoms with van der Waals surface area (Å²) in [6.07, 6.45) is -1.19. The van der Waals surface area contributed by atoms with Crippen molar-refractivity contribution in [1.29, 1.82) is 0 Å². The summed E-state index contributed by atoms with van der Waals surface area (Å²) < 4.78 is 23.9. The summed E-state index contributed by atoms with van der Waals surface area (Å²) in [5.74, 6) is -1.49. The van der Waals surface area contributed by atoms with E-state index in [2.05, 4.69) is 16.0 Å². The summed E-state index contributed by atoms with van der Waals surface area (Å²) in [5.41, 5.74) is 0.668. The first-order chi connectivity index (χ1) is 12.1. The van der Waals surface area contributed by atoms with E-state index in [1.54, 1.807) is 0 Å². The van der Waals surface area contributed by atoms with Crippen LogP contribution in [0.3, 0.4) is 0 Å². The Labute approximate surface area is 168 Å². The Morgan fingerprint density at radius 1 is 0.923 bits per heavy atom. The van der Waals surface area contributed by atoms with Crippen LogP contribution in [0, 0.1) is 11.6 Å². The van der Waals surface area contributed by atoms with Crippen molar-refractivity contribution in [2.75, 3.05) is 5.32 Å². The lowest BCUT2D eigenvalue weighted by Gasteiger charge is -2.27. The molecule has 0 bridgehead atoms. The molecule has 1 amide bonds. The van der Waals surface area contributed by atoms with Crippen molar-refractivity contribution in [2.24, 2.45) is 0 Å². The molecule has 0 radical (unpaired) electrons. The zero-order valence-corrected chi connectivity index (χ0v) is 16.0. The molecule has 138 valence electrons. The number of hydrogen-bond donors (Lipinski definition) is 3. The van der Waals surface area contributed by atoms with E-state index in [0.717, 1.165) is 12.1 Å². The van der Waals surface area contributed by atoms with Crippen molar-refractivity contribution >= 4 is 63.7 Å². The average Bonchev–Trinajstić information content (AvgIpc) is 2.56. The molecule has 0 heterocycles. The van der Waals surface area contributed by atoms with Gasteiger partial charge in [-0.2, -0.15) is 0 Å². The summed E-state index contributed by atoms with van der Waals surface area (Å²) in [6, 6.07) is 10.3. The molecular weight excluding hydrogens is 427 g/mol. The topological polar surface area (TPSA) is 53.2 Å². The standard InChI is InChI=1S/C16H12Cl3F2N3OS/c17-16(18,19)14(23-13(25)9-1-3-10(20)4-2-9)24-15(26)22-12-7-5-11(21)6-8-12/h1-8,14H,(H,23,25)(H2,22,24,26). The summed E-state index contributed by atoms with van der Waals surface area (Å²) in [7, 11) is 0. The second-order valence-electron chi connectivity index (χ2n) is 5.06. The molecule has 0 aromatic heterocycles. The summed E-state index contributed by atoms with van der Waals surface area (Å²) in [5, 5.41) is 7.92. The Morgan fingerprint density at radius 2 is 1.42 bits per heavy atom. The Hall–Kier alpha value is -1.67. The SMILES string of the molecule is O=C(NC(NC(=S)Nc1ccc(F)cc1)C(Cl)(Cl)Cl)c1ccc(F)cc1. The highest BCUT2D eigenvalue weighted by atomic mass is 35.6. The van der Waals surface area contributed by atoms with E-state index in [4.69, 9.17) is 47.0 Å². The molecule has 0 saturated heterocycles. The van der Waals surface area contributed by atoms with Gasteiger partial charge in [0.1, 0.15) is 17.8 Å². The number of nitrogens with one attached hydrogen (secondary N) is 3. The van der Waals surface area contributed by atoms with E-state index in [9.17, 15) is 13.6 Å². The highest BCUT2D eigenvalue weighted by Crippen LogP contribution is 2.29. The van der Waals surface area contributed by atoms with Gasteiger partial charge in [0.25, 0.3) is 5.91 Å². The molecule has 0 saturated carbocycles. The summed E-state index contributed by atoms with van der Waals surface area (Å²) in [4.78, 5) is 12.2. The van der Waals surface area contributed by atoms with Gasteiger partial charge in [0, 0.05) is 11.3 Å². The number of halogens is 5. The maximum atomic E-state index is 12.9. The summed E-state index contributed by atoms with van der Waals surface area (Å²) in [6.45, 7) is 0. The van der Waals surface area contributed by atoms with Gasteiger partial charge in [0.15, 0.2) is 5.11 Å². The minimum Gasteiger partial charge on any atom is -0.339 e. The average molecular weight is 439 g/mol. The van der Waals surface area contributed by atoms with Gasteiger partial charge in [0.2, 0.25) is 3.79 Å². The molecule has 0 fully saturated rings. The van der Waals surface area contributed by atoms with Crippen LogP contribution in [0.5, 0.6) is 0 Å².